The van der Waals surface area contributed by atoms with Crippen molar-refractivity contribution in [3.63, 3.8) is 0 Å². The molecule has 0 fully saturated rings. The predicted molar refractivity (Wildman–Crippen MR) is 71.2 cm³/mol. The Bertz CT molecular complexity index is 519. The summed E-state index contributed by atoms with van der Waals surface area (Å²) in [7, 11) is 1.50. The number of likely N-dealkylation sites (N-methyl/N-ethyl adjacent to an activating group) is 1. The zero-order valence-corrected chi connectivity index (χ0v) is 11.7. The summed E-state index contributed by atoms with van der Waals surface area (Å²) in [4.78, 5) is 23.8. The van der Waals surface area contributed by atoms with E-state index in [4.69, 9.17) is 4.74 Å². The number of ether oxygens (including phenoxy) is 1. The summed E-state index contributed by atoms with van der Waals surface area (Å²) >= 11 is 0. The van der Waals surface area contributed by atoms with Gasteiger partial charge in [0, 0.05) is 32.3 Å². The molecule has 0 heterocycles. The van der Waals surface area contributed by atoms with E-state index in [0.29, 0.717) is 19.7 Å². The number of nitro benzene ring substituents is 1. The summed E-state index contributed by atoms with van der Waals surface area (Å²) in [6.45, 7) is 4.12. The zero-order chi connectivity index (χ0) is 15.3. The van der Waals surface area contributed by atoms with E-state index in [1.165, 1.54) is 18.9 Å². The molecule has 0 aromatic heterocycles. The Balaban J connectivity index is 3.16. The van der Waals surface area contributed by atoms with Gasteiger partial charge in [-0.2, -0.15) is 0 Å². The van der Waals surface area contributed by atoms with E-state index in [1.54, 1.807) is 6.92 Å². The molecule has 110 valence electrons. The smallest absolute Gasteiger partial charge is 0.270 e. The number of methoxy groups -OCH3 is 1. The lowest BCUT2D eigenvalue weighted by atomic mass is 10.1. The Kier molecular flexibility index (Phi) is 5.57. The molecule has 1 aromatic carbocycles. The van der Waals surface area contributed by atoms with Crippen molar-refractivity contribution in [1.82, 2.24) is 4.90 Å². The van der Waals surface area contributed by atoms with Crippen LogP contribution in [0.25, 0.3) is 0 Å². The normalized spacial score (nSPS) is 10.4. The number of carbonyl (C=O) groups excluding carboxylic acids is 1. The fourth-order valence-corrected chi connectivity index (χ4v) is 1.79. The van der Waals surface area contributed by atoms with Gasteiger partial charge in [-0.15, -0.1) is 0 Å². The van der Waals surface area contributed by atoms with Gasteiger partial charge in [-0.25, -0.2) is 4.39 Å². The molecule has 0 aliphatic carbocycles. The number of nitrogens with zero attached hydrogens (tertiary/aromatic N) is 2. The van der Waals surface area contributed by atoms with Crippen LogP contribution in [-0.4, -0.2) is 42.5 Å². The number of hydrogen-bond acceptors (Lipinski definition) is 4. The van der Waals surface area contributed by atoms with Crippen LogP contribution in [0.3, 0.4) is 0 Å². The topological polar surface area (TPSA) is 72.7 Å². The summed E-state index contributed by atoms with van der Waals surface area (Å²) in [5.41, 5.74) is -0.505. The molecular formula is C13H17FN2O4. The van der Waals surface area contributed by atoms with Gasteiger partial charge in [-0.1, -0.05) is 0 Å². The number of nitro groups is 1. The summed E-state index contributed by atoms with van der Waals surface area (Å²) < 4.78 is 18.9. The molecule has 0 unspecified atom stereocenters. The van der Waals surface area contributed by atoms with Crippen molar-refractivity contribution in [2.24, 2.45) is 0 Å². The van der Waals surface area contributed by atoms with E-state index in [2.05, 4.69) is 0 Å². The van der Waals surface area contributed by atoms with E-state index < -0.39 is 16.6 Å². The second kappa shape index (κ2) is 6.95. The lowest BCUT2D eigenvalue weighted by molar-refractivity contribution is -0.385. The molecule has 0 spiro atoms. The van der Waals surface area contributed by atoms with Crippen LogP contribution in [0.1, 0.15) is 22.8 Å². The average molecular weight is 284 g/mol. The standard InChI is InChI=1S/C13H17FN2O4/c1-4-15(5-6-20-3)13(17)11-8-10(16(18)19)7-9(2)12(11)14/h7-8H,4-6H2,1-3H3. The summed E-state index contributed by atoms with van der Waals surface area (Å²) in [6, 6.07) is 2.08. The van der Waals surface area contributed by atoms with Crippen LogP contribution >= 0.6 is 0 Å². The first-order valence-corrected chi connectivity index (χ1v) is 6.15. The molecule has 0 saturated carbocycles. The molecule has 0 aliphatic rings. The lowest BCUT2D eigenvalue weighted by Crippen LogP contribution is -2.34. The predicted octanol–water partition coefficient (Wildman–Crippen LogP) is 2.15. The van der Waals surface area contributed by atoms with Gasteiger partial charge in [-0.05, 0) is 19.4 Å². The van der Waals surface area contributed by atoms with Gasteiger partial charge in [0.1, 0.15) is 5.82 Å². The van der Waals surface area contributed by atoms with Crippen LogP contribution in [-0.2, 0) is 4.74 Å². The molecule has 6 nitrogen and oxygen atoms in total. The summed E-state index contributed by atoms with van der Waals surface area (Å²) in [5.74, 6) is -1.30. The molecule has 0 atom stereocenters. The van der Waals surface area contributed by atoms with Crippen LogP contribution in [0.2, 0.25) is 0 Å². The van der Waals surface area contributed by atoms with Crippen LogP contribution in [0.15, 0.2) is 12.1 Å². The highest BCUT2D eigenvalue weighted by Crippen LogP contribution is 2.22. The molecular weight excluding hydrogens is 267 g/mol. The first-order chi connectivity index (χ1) is 9.42. The Morgan fingerprint density at radius 2 is 2.15 bits per heavy atom. The van der Waals surface area contributed by atoms with Crippen LogP contribution in [0.5, 0.6) is 0 Å². The number of rotatable bonds is 6. The maximum atomic E-state index is 14.0. The minimum atomic E-state index is -0.725. The third-order valence-corrected chi connectivity index (χ3v) is 2.91. The minimum absolute atomic E-state index is 0.0744. The Morgan fingerprint density at radius 1 is 1.50 bits per heavy atom. The van der Waals surface area contributed by atoms with Gasteiger partial charge in [0.2, 0.25) is 0 Å². The largest absolute Gasteiger partial charge is 0.383 e. The van der Waals surface area contributed by atoms with Crippen LogP contribution in [0.4, 0.5) is 10.1 Å². The third kappa shape index (κ3) is 3.51. The van der Waals surface area contributed by atoms with E-state index >= 15 is 0 Å². The van der Waals surface area contributed by atoms with E-state index in [-0.39, 0.29) is 16.8 Å². The Hall–Kier alpha value is -2.02. The first kappa shape index (κ1) is 16.0. The van der Waals surface area contributed by atoms with Crippen LogP contribution < -0.4 is 0 Å². The maximum absolute atomic E-state index is 14.0. The SMILES string of the molecule is CCN(CCOC)C(=O)c1cc([N+](=O)[O-])cc(C)c1F. The molecule has 20 heavy (non-hydrogen) atoms. The highest BCUT2D eigenvalue weighted by molar-refractivity contribution is 5.95. The number of amides is 1. The van der Waals surface area contributed by atoms with Crippen molar-refractivity contribution in [3.05, 3.63) is 39.2 Å². The lowest BCUT2D eigenvalue weighted by Gasteiger charge is -2.21. The monoisotopic (exact) mass is 284 g/mol. The third-order valence-electron chi connectivity index (χ3n) is 2.91. The van der Waals surface area contributed by atoms with Gasteiger partial charge in [0.15, 0.2) is 0 Å². The second-order valence-electron chi connectivity index (χ2n) is 4.26. The second-order valence-corrected chi connectivity index (χ2v) is 4.26. The van der Waals surface area contributed by atoms with E-state index in [0.717, 1.165) is 12.1 Å². The molecule has 1 amide bonds. The molecule has 0 saturated heterocycles. The highest BCUT2D eigenvalue weighted by atomic mass is 19.1. The number of hydrogen-bond donors (Lipinski definition) is 0. The van der Waals surface area contributed by atoms with Crippen molar-refractivity contribution in [3.8, 4) is 0 Å². The Labute approximate surface area is 116 Å². The first-order valence-electron chi connectivity index (χ1n) is 6.15. The Morgan fingerprint density at radius 3 is 2.65 bits per heavy atom. The molecule has 0 bridgehead atoms. The van der Waals surface area contributed by atoms with Gasteiger partial charge >= 0.3 is 0 Å². The molecule has 1 aromatic rings. The minimum Gasteiger partial charge on any atom is -0.383 e. The molecule has 1 rings (SSSR count). The fraction of sp³-hybridized carbons (Fsp3) is 0.462. The number of halogens is 1. The molecule has 0 N–H and O–H groups in total. The number of aryl methyl sites for hydroxylation is 1. The van der Waals surface area contributed by atoms with E-state index in [1.807, 2.05) is 0 Å². The van der Waals surface area contributed by atoms with Gasteiger partial charge in [-0.3, -0.25) is 14.9 Å². The van der Waals surface area contributed by atoms with Gasteiger partial charge in [0.05, 0.1) is 17.1 Å². The number of non-ortho nitro benzene ring substituents is 1. The average Bonchev–Trinajstić information content (AvgIpc) is 2.42. The molecule has 7 heteroatoms. The number of benzene rings is 1. The summed E-state index contributed by atoms with van der Waals surface area (Å²) in [5, 5.41) is 10.8. The van der Waals surface area contributed by atoms with Crippen molar-refractivity contribution in [1.29, 1.82) is 0 Å². The van der Waals surface area contributed by atoms with Crippen molar-refractivity contribution >= 4 is 11.6 Å². The highest BCUT2D eigenvalue weighted by Gasteiger charge is 2.23. The van der Waals surface area contributed by atoms with Gasteiger partial charge in [0.25, 0.3) is 11.6 Å². The molecule has 0 radical (unpaired) electrons. The maximum Gasteiger partial charge on any atom is 0.270 e. The molecule has 0 aliphatic heterocycles. The van der Waals surface area contributed by atoms with Crippen molar-refractivity contribution in [2.75, 3.05) is 26.8 Å². The fourth-order valence-electron chi connectivity index (χ4n) is 1.79. The van der Waals surface area contributed by atoms with Crippen LogP contribution in [0, 0.1) is 22.9 Å². The van der Waals surface area contributed by atoms with E-state index in [9.17, 15) is 19.3 Å². The summed E-state index contributed by atoms with van der Waals surface area (Å²) in [6.07, 6.45) is 0. The van der Waals surface area contributed by atoms with Crippen molar-refractivity contribution < 1.29 is 18.8 Å². The quantitative estimate of drug-likeness (QED) is 0.592. The number of carbonyl (C=O) groups is 1. The zero-order valence-electron chi connectivity index (χ0n) is 11.7. The van der Waals surface area contributed by atoms with Crippen molar-refractivity contribution in [2.45, 2.75) is 13.8 Å². The van der Waals surface area contributed by atoms with Gasteiger partial charge < -0.3 is 9.64 Å².